The van der Waals surface area contributed by atoms with Crippen LogP contribution < -0.4 is 10.6 Å². The molecule has 0 unspecified atom stereocenters. The van der Waals surface area contributed by atoms with Gasteiger partial charge in [-0.05, 0) is 37.5 Å². The molecule has 6 heteroatoms. The van der Waals surface area contributed by atoms with Crippen LogP contribution in [0.15, 0.2) is 18.2 Å². The lowest BCUT2D eigenvalue weighted by Crippen LogP contribution is -2.41. The van der Waals surface area contributed by atoms with E-state index >= 15 is 0 Å². The summed E-state index contributed by atoms with van der Waals surface area (Å²) in [4.78, 5) is 24.4. The van der Waals surface area contributed by atoms with Gasteiger partial charge in [-0.3, -0.25) is 9.59 Å². The van der Waals surface area contributed by atoms with E-state index in [0.717, 1.165) is 5.56 Å². The predicted octanol–water partition coefficient (Wildman–Crippen LogP) is 2.13. The van der Waals surface area contributed by atoms with Crippen LogP contribution in [0.3, 0.4) is 0 Å². The molecule has 1 aromatic rings. The molecule has 1 aliphatic carbocycles. The molecule has 5 nitrogen and oxygen atoms in total. The van der Waals surface area contributed by atoms with Gasteiger partial charge in [0.1, 0.15) is 5.41 Å². The Bertz CT molecular complexity index is 556. The van der Waals surface area contributed by atoms with Gasteiger partial charge in [-0.15, -0.1) is 0 Å². The highest BCUT2D eigenvalue weighted by Crippen LogP contribution is 2.46. The number of halogens is 1. The molecule has 2 N–H and O–H groups in total. The number of ether oxygens (including phenoxy) is 1. The Balaban J connectivity index is 1.99. The van der Waals surface area contributed by atoms with Gasteiger partial charge < -0.3 is 15.4 Å². The number of rotatable bonds is 6. The van der Waals surface area contributed by atoms with Crippen LogP contribution >= 0.6 is 11.6 Å². The third-order valence-corrected chi connectivity index (χ3v) is 4.05. The third-order valence-electron chi connectivity index (χ3n) is 3.64. The average Bonchev–Trinajstić information content (AvgIpc) is 3.25. The van der Waals surface area contributed by atoms with E-state index in [1.54, 1.807) is 19.2 Å². The molecule has 0 spiro atoms. The molecule has 0 bridgehead atoms. The van der Waals surface area contributed by atoms with Gasteiger partial charge in [0.15, 0.2) is 0 Å². The first-order valence-electron chi connectivity index (χ1n) is 6.84. The Morgan fingerprint density at radius 2 is 2.05 bits per heavy atom. The molecule has 1 aromatic carbocycles. The molecule has 0 heterocycles. The number of hydrogen-bond donors (Lipinski definition) is 2. The number of amides is 2. The van der Waals surface area contributed by atoms with Gasteiger partial charge in [0.05, 0.1) is 6.61 Å². The second-order valence-electron chi connectivity index (χ2n) is 5.25. The maximum absolute atomic E-state index is 12.3. The minimum atomic E-state index is -0.939. The van der Waals surface area contributed by atoms with E-state index < -0.39 is 5.41 Å². The predicted molar refractivity (Wildman–Crippen MR) is 81.4 cm³/mol. The molecular formula is C15H19ClN2O3. The summed E-state index contributed by atoms with van der Waals surface area (Å²) in [5, 5.41) is 6.08. The zero-order valence-electron chi connectivity index (χ0n) is 12.2. The van der Waals surface area contributed by atoms with Gasteiger partial charge in [0.2, 0.25) is 11.8 Å². The molecule has 0 aromatic heterocycles. The summed E-state index contributed by atoms with van der Waals surface area (Å²) in [6, 6.07) is 5.29. The largest absolute Gasteiger partial charge is 0.383 e. The summed E-state index contributed by atoms with van der Waals surface area (Å²) in [6.45, 7) is 2.72. The molecule has 0 radical (unpaired) electrons. The Labute approximate surface area is 129 Å². The molecule has 114 valence electrons. The quantitative estimate of drug-likeness (QED) is 0.625. The molecular weight excluding hydrogens is 292 g/mol. The first-order valence-corrected chi connectivity index (χ1v) is 7.22. The number of carbonyl (C=O) groups is 2. The normalized spacial score (nSPS) is 15.4. The molecule has 0 atom stereocenters. The van der Waals surface area contributed by atoms with E-state index in [4.69, 9.17) is 16.3 Å². The summed E-state index contributed by atoms with van der Waals surface area (Å²) < 4.78 is 4.88. The van der Waals surface area contributed by atoms with Crippen LogP contribution in [-0.4, -0.2) is 32.1 Å². The molecule has 21 heavy (non-hydrogen) atoms. The number of benzene rings is 1. The Hall–Kier alpha value is -1.59. The van der Waals surface area contributed by atoms with Crippen LogP contribution in [0.5, 0.6) is 0 Å². The van der Waals surface area contributed by atoms with Gasteiger partial charge in [-0.25, -0.2) is 0 Å². The number of carbonyl (C=O) groups excluding carboxylic acids is 2. The van der Waals surface area contributed by atoms with Crippen LogP contribution in [0.2, 0.25) is 5.02 Å². The lowest BCUT2D eigenvalue weighted by atomic mass is 10.0. The number of hydrogen-bond acceptors (Lipinski definition) is 3. The summed E-state index contributed by atoms with van der Waals surface area (Å²) >= 11 is 6.03. The van der Waals surface area contributed by atoms with Gasteiger partial charge in [-0.2, -0.15) is 0 Å². The first kappa shape index (κ1) is 15.8. The highest BCUT2D eigenvalue weighted by Gasteiger charge is 2.56. The van der Waals surface area contributed by atoms with Crippen molar-refractivity contribution < 1.29 is 14.3 Å². The first-order chi connectivity index (χ1) is 9.99. The van der Waals surface area contributed by atoms with Gasteiger partial charge in [0.25, 0.3) is 0 Å². The number of nitrogens with one attached hydrogen (secondary N) is 2. The van der Waals surface area contributed by atoms with E-state index in [9.17, 15) is 9.59 Å². The summed E-state index contributed by atoms with van der Waals surface area (Å²) in [5.41, 5.74) is 0.602. The van der Waals surface area contributed by atoms with Crippen LogP contribution in [0.1, 0.15) is 18.4 Å². The second kappa shape index (κ2) is 6.45. The van der Waals surface area contributed by atoms with E-state index in [2.05, 4.69) is 10.6 Å². The highest BCUT2D eigenvalue weighted by molar-refractivity contribution is 6.31. The SMILES string of the molecule is COCCNC(=O)C1(C(=O)Nc2ccc(C)c(Cl)c2)CC1. The molecule has 0 aliphatic heterocycles. The molecule has 2 amide bonds. The van der Waals surface area contributed by atoms with E-state index in [-0.39, 0.29) is 11.8 Å². The third kappa shape index (κ3) is 3.54. The number of methoxy groups -OCH3 is 1. The van der Waals surface area contributed by atoms with Crippen molar-refractivity contribution in [1.82, 2.24) is 5.32 Å². The van der Waals surface area contributed by atoms with Crippen molar-refractivity contribution >= 4 is 29.1 Å². The smallest absolute Gasteiger partial charge is 0.240 e. The highest BCUT2D eigenvalue weighted by atomic mass is 35.5. The van der Waals surface area contributed by atoms with E-state index in [0.29, 0.717) is 36.7 Å². The van der Waals surface area contributed by atoms with Crippen molar-refractivity contribution in [2.75, 3.05) is 25.6 Å². The van der Waals surface area contributed by atoms with Crippen molar-refractivity contribution in [1.29, 1.82) is 0 Å². The maximum Gasteiger partial charge on any atom is 0.240 e. The number of anilines is 1. The van der Waals surface area contributed by atoms with E-state index in [1.807, 2.05) is 13.0 Å². The fraction of sp³-hybridized carbons (Fsp3) is 0.467. The van der Waals surface area contributed by atoms with Crippen molar-refractivity contribution in [2.45, 2.75) is 19.8 Å². The average molecular weight is 311 g/mol. The zero-order valence-corrected chi connectivity index (χ0v) is 12.9. The van der Waals surface area contributed by atoms with Gasteiger partial charge >= 0.3 is 0 Å². The number of aryl methyl sites for hydroxylation is 1. The molecule has 2 rings (SSSR count). The minimum Gasteiger partial charge on any atom is -0.383 e. The monoisotopic (exact) mass is 310 g/mol. The molecule has 0 saturated heterocycles. The standard InChI is InChI=1S/C15H19ClN2O3/c1-10-3-4-11(9-12(10)16)18-14(20)15(5-6-15)13(19)17-7-8-21-2/h3-4,9H,5-8H2,1-2H3,(H,17,19)(H,18,20). The van der Waals surface area contributed by atoms with Crippen LogP contribution in [-0.2, 0) is 14.3 Å². The fourth-order valence-electron chi connectivity index (χ4n) is 2.04. The Morgan fingerprint density at radius 3 is 2.62 bits per heavy atom. The molecule has 1 saturated carbocycles. The second-order valence-corrected chi connectivity index (χ2v) is 5.66. The van der Waals surface area contributed by atoms with Crippen molar-refractivity contribution in [2.24, 2.45) is 5.41 Å². The summed E-state index contributed by atoms with van der Waals surface area (Å²) in [5.74, 6) is -0.521. The minimum absolute atomic E-state index is 0.241. The fourth-order valence-corrected chi connectivity index (χ4v) is 2.22. The van der Waals surface area contributed by atoms with Crippen LogP contribution in [0.4, 0.5) is 5.69 Å². The Kier molecular flexibility index (Phi) is 4.85. The van der Waals surface area contributed by atoms with Gasteiger partial charge in [0, 0.05) is 24.4 Å². The topological polar surface area (TPSA) is 67.4 Å². The summed E-state index contributed by atoms with van der Waals surface area (Å²) in [6.07, 6.45) is 1.13. The lowest BCUT2D eigenvalue weighted by molar-refractivity contribution is -0.134. The zero-order chi connectivity index (χ0) is 15.5. The van der Waals surface area contributed by atoms with Crippen LogP contribution in [0.25, 0.3) is 0 Å². The summed E-state index contributed by atoms with van der Waals surface area (Å²) in [7, 11) is 1.56. The van der Waals surface area contributed by atoms with Crippen molar-refractivity contribution in [3.8, 4) is 0 Å². The van der Waals surface area contributed by atoms with Crippen molar-refractivity contribution in [3.63, 3.8) is 0 Å². The molecule has 1 aliphatic rings. The van der Waals surface area contributed by atoms with Crippen molar-refractivity contribution in [3.05, 3.63) is 28.8 Å². The Morgan fingerprint density at radius 1 is 1.33 bits per heavy atom. The molecule has 1 fully saturated rings. The lowest BCUT2D eigenvalue weighted by Gasteiger charge is -2.15. The van der Waals surface area contributed by atoms with Crippen LogP contribution in [0, 0.1) is 12.3 Å². The van der Waals surface area contributed by atoms with Gasteiger partial charge in [-0.1, -0.05) is 17.7 Å². The van der Waals surface area contributed by atoms with E-state index in [1.165, 1.54) is 0 Å². The maximum atomic E-state index is 12.3.